The van der Waals surface area contributed by atoms with Gasteiger partial charge >= 0.3 is 0 Å². The van der Waals surface area contributed by atoms with Crippen molar-refractivity contribution in [1.29, 1.82) is 0 Å². The van der Waals surface area contributed by atoms with Crippen LogP contribution in [0, 0.1) is 0 Å². The van der Waals surface area contributed by atoms with Gasteiger partial charge in [0.1, 0.15) is 0 Å². The predicted octanol–water partition coefficient (Wildman–Crippen LogP) is 6.00. The minimum Gasteiger partial charge on any atom is -0.0991 e. The Hall–Kier alpha value is -1.30. The summed E-state index contributed by atoms with van der Waals surface area (Å²) in [5.41, 5.74) is 2.62. The highest BCUT2D eigenvalue weighted by Gasteiger charge is 1.98. The number of hydrogen-bond acceptors (Lipinski definition) is 0. The number of hydrogen-bond donors (Lipinski definition) is 0. The second kappa shape index (κ2) is 14.7. The summed E-state index contributed by atoms with van der Waals surface area (Å²) in [4.78, 5) is 0. The average Bonchev–Trinajstić information content (AvgIpc) is 2.44. The lowest BCUT2D eigenvalue weighted by atomic mass is 9.99. The van der Waals surface area contributed by atoms with Crippen molar-refractivity contribution in [2.24, 2.45) is 0 Å². The molecule has 96 valence electrons. The van der Waals surface area contributed by atoms with Gasteiger partial charge < -0.3 is 0 Å². The van der Waals surface area contributed by atoms with Crippen molar-refractivity contribution in [3.63, 3.8) is 0 Å². The van der Waals surface area contributed by atoms with Gasteiger partial charge in [-0.2, -0.15) is 0 Å². The third-order valence-electron chi connectivity index (χ3n) is 2.07. The Morgan fingerprint density at radius 3 is 2.24 bits per heavy atom. The third-order valence-corrected chi connectivity index (χ3v) is 2.07. The Balaban J connectivity index is 0. The van der Waals surface area contributed by atoms with Crippen molar-refractivity contribution in [1.82, 2.24) is 0 Å². The molecule has 0 aromatic rings. The molecule has 1 aliphatic carbocycles. The fourth-order valence-corrected chi connectivity index (χ4v) is 1.39. The van der Waals surface area contributed by atoms with Gasteiger partial charge in [0.05, 0.1) is 0 Å². The molecule has 0 aromatic heterocycles. The van der Waals surface area contributed by atoms with Crippen molar-refractivity contribution in [2.45, 2.75) is 47.0 Å². The minimum atomic E-state index is 0.978. The van der Waals surface area contributed by atoms with E-state index in [0.29, 0.717) is 0 Å². The molecule has 0 radical (unpaired) electrons. The molecule has 0 nitrogen and oxygen atoms in total. The summed E-state index contributed by atoms with van der Waals surface area (Å²) in [6.07, 6.45) is 15.8. The Morgan fingerprint density at radius 2 is 1.82 bits per heavy atom. The maximum absolute atomic E-state index is 3.78. The highest BCUT2D eigenvalue weighted by atomic mass is 14.0. The largest absolute Gasteiger partial charge is 0.0991 e. The van der Waals surface area contributed by atoms with Crippen molar-refractivity contribution in [3.8, 4) is 0 Å². The Labute approximate surface area is 108 Å². The zero-order valence-corrected chi connectivity index (χ0v) is 12.0. The molecule has 17 heavy (non-hydrogen) atoms. The first-order valence-electron chi connectivity index (χ1n) is 6.66. The second-order valence-corrected chi connectivity index (χ2v) is 3.12. The standard InChI is InChI=1S/C13H16.2C2H6/c1-3-8-12(4-2)11-13-9-6-5-7-10-13;2*1-2/h3-4,6,8-10H,1-2,5,7,11H2;2*1-2H3/b12-8+;;. The lowest BCUT2D eigenvalue weighted by molar-refractivity contribution is 0.995. The third kappa shape index (κ3) is 9.62. The van der Waals surface area contributed by atoms with Gasteiger partial charge in [-0.05, 0) is 30.4 Å². The first-order chi connectivity index (χ1) is 8.36. The van der Waals surface area contributed by atoms with Crippen LogP contribution < -0.4 is 0 Å². The molecule has 0 saturated carbocycles. The molecule has 0 fully saturated rings. The molecule has 0 spiro atoms. The van der Waals surface area contributed by atoms with Crippen LogP contribution in [-0.4, -0.2) is 0 Å². The zero-order valence-electron chi connectivity index (χ0n) is 12.0. The van der Waals surface area contributed by atoms with E-state index < -0.39 is 0 Å². The van der Waals surface area contributed by atoms with Crippen LogP contribution in [0.5, 0.6) is 0 Å². The van der Waals surface area contributed by atoms with E-state index in [1.165, 1.54) is 24.0 Å². The van der Waals surface area contributed by atoms with Crippen molar-refractivity contribution in [2.75, 3.05) is 0 Å². The fraction of sp³-hybridized carbons (Fsp3) is 0.412. The van der Waals surface area contributed by atoms with Crippen LogP contribution in [0.3, 0.4) is 0 Å². The van der Waals surface area contributed by atoms with Crippen LogP contribution in [0.2, 0.25) is 0 Å². The molecule has 0 heterocycles. The van der Waals surface area contributed by atoms with E-state index in [4.69, 9.17) is 0 Å². The van der Waals surface area contributed by atoms with E-state index in [2.05, 4.69) is 31.4 Å². The monoisotopic (exact) mass is 232 g/mol. The van der Waals surface area contributed by atoms with Crippen LogP contribution in [0.1, 0.15) is 47.0 Å². The van der Waals surface area contributed by atoms with Crippen LogP contribution in [0.4, 0.5) is 0 Å². The summed E-state index contributed by atoms with van der Waals surface area (Å²) in [5, 5.41) is 0. The molecular weight excluding hydrogens is 204 g/mol. The summed E-state index contributed by atoms with van der Waals surface area (Å²) >= 11 is 0. The fourth-order valence-electron chi connectivity index (χ4n) is 1.39. The van der Waals surface area contributed by atoms with Gasteiger partial charge in [0.25, 0.3) is 0 Å². The van der Waals surface area contributed by atoms with Gasteiger partial charge in [-0.1, -0.05) is 77.3 Å². The summed E-state index contributed by atoms with van der Waals surface area (Å²) in [6, 6.07) is 0. The predicted molar refractivity (Wildman–Crippen MR) is 82.2 cm³/mol. The molecule has 0 heteroatoms. The normalized spacial score (nSPS) is 13.4. The molecule has 0 unspecified atom stereocenters. The van der Waals surface area contributed by atoms with Crippen LogP contribution >= 0.6 is 0 Å². The summed E-state index contributed by atoms with van der Waals surface area (Å²) in [5.74, 6) is 0. The zero-order chi connectivity index (χ0) is 13.5. The van der Waals surface area contributed by atoms with Gasteiger partial charge in [0.15, 0.2) is 0 Å². The molecule has 0 N–H and O–H groups in total. The lowest BCUT2D eigenvalue weighted by Gasteiger charge is -2.06. The van der Waals surface area contributed by atoms with Gasteiger partial charge in [-0.3, -0.25) is 0 Å². The van der Waals surface area contributed by atoms with E-state index in [0.717, 1.165) is 6.42 Å². The SMILES string of the molecule is C=C/C=C(\C=C)CC1=CCCC=C1.CC.CC. The molecule has 0 atom stereocenters. The Bertz CT molecular complexity index is 274. The maximum Gasteiger partial charge on any atom is -0.00293 e. The molecular formula is C17H28. The maximum atomic E-state index is 3.78. The van der Waals surface area contributed by atoms with Crippen molar-refractivity contribution >= 4 is 0 Å². The number of allylic oxidation sites excluding steroid dienone is 8. The topological polar surface area (TPSA) is 0 Å². The molecule has 0 aliphatic heterocycles. The molecule has 1 rings (SSSR count). The summed E-state index contributed by atoms with van der Waals surface area (Å²) in [6.45, 7) is 15.5. The van der Waals surface area contributed by atoms with E-state index >= 15 is 0 Å². The van der Waals surface area contributed by atoms with Crippen molar-refractivity contribution < 1.29 is 0 Å². The van der Waals surface area contributed by atoms with Crippen LogP contribution in [0.15, 0.2) is 60.8 Å². The first kappa shape index (κ1) is 18.1. The minimum absolute atomic E-state index is 0.978. The van der Waals surface area contributed by atoms with E-state index in [1.807, 2.05) is 45.9 Å². The van der Waals surface area contributed by atoms with Crippen molar-refractivity contribution in [3.05, 3.63) is 60.8 Å². The quantitative estimate of drug-likeness (QED) is 0.521. The Kier molecular flexibility index (Phi) is 15.6. The van der Waals surface area contributed by atoms with Gasteiger partial charge in [0, 0.05) is 0 Å². The molecule has 0 bridgehead atoms. The highest BCUT2D eigenvalue weighted by Crippen LogP contribution is 2.18. The smallest absolute Gasteiger partial charge is 0.00293 e. The summed E-state index contributed by atoms with van der Waals surface area (Å²) in [7, 11) is 0. The van der Waals surface area contributed by atoms with Crippen LogP contribution in [0.25, 0.3) is 0 Å². The molecule has 0 amide bonds. The first-order valence-corrected chi connectivity index (χ1v) is 6.66. The Morgan fingerprint density at radius 1 is 1.18 bits per heavy atom. The van der Waals surface area contributed by atoms with E-state index in [1.54, 1.807) is 0 Å². The molecule has 1 aliphatic rings. The van der Waals surface area contributed by atoms with Gasteiger partial charge in [0.2, 0.25) is 0 Å². The lowest BCUT2D eigenvalue weighted by Crippen LogP contribution is -1.87. The van der Waals surface area contributed by atoms with E-state index in [9.17, 15) is 0 Å². The molecule has 0 aromatic carbocycles. The van der Waals surface area contributed by atoms with Crippen LogP contribution in [-0.2, 0) is 0 Å². The average molecular weight is 232 g/mol. The van der Waals surface area contributed by atoms with Gasteiger partial charge in [-0.25, -0.2) is 0 Å². The highest BCUT2D eigenvalue weighted by molar-refractivity contribution is 5.33. The van der Waals surface area contributed by atoms with E-state index in [-0.39, 0.29) is 0 Å². The van der Waals surface area contributed by atoms with Gasteiger partial charge in [-0.15, -0.1) is 0 Å². The number of rotatable bonds is 4. The molecule has 0 saturated heterocycles. The second-order valence-electron chi connectivity index (χ2n) is 3.12. The summed E-state index contributed by atoms with van der Waals surface area (Å²) < 4.78 is 0.